The van der Waals surface area contributed by atoms with E-state index in [2.05, 4.69) is 5.32 Å². The van der Waals surface area contributed by atoms with Gasteiger partial charge in [0, 0.05) is 18.2 Å². The molecule has 0 saturated carbocycles. The quantitative estimate of drug-likeness (QED) is 0.634. The van der Waals surface area contributed by atoms with Crippen LogP contribution in [0, 0.1) is 5.82 Å². The van der Waals surface area contributed by atoms with Crippen LogP contribution in [-0.4, -0.2) is 26.9 Å². The topological polar surface area (TPSA) is 66.5 Å². The van der Waals surface area contributed by atoms with Crippen LogP contribution in [-0.2, 0) is 22.9 Å². The van der Waals surface area contributed by atoms with Gasteiger partial charge in [-0.25, -0.2) is 12.8 Å². The fourth-order valence-corrected chi connectivity index (χ4v) is 5.59. The summed E-state index contributed by atoms with van der Waals surface area (Å²) in [6.45, 7) is 2.34. The second kappa shape index (κ2) is 8.51. The number of rotatable bonds is 6. The number of sulfonamides is 1. The van der Waals surface area contributed by atoms with Crippen molar-refractivity contribution < 1.29 is 17.6 Å². The molecular weight excluding hydrogens is 415 g/mol. The van der Waals surface area contributed by atoms with Gasteiger partial charge in [0.05, 0.1) is 10.6 Å². The van der Waals surface area contributed by atoms with Gasteiger partial charge in [-0.1, -0.05) is 30.3 Å². The van der Waals surface area contributed by atoms with Crippen molar-refractivity contribution in [2.75, 3.05) is 10.8 Å². The van der Waals surface area contributed by atoms with E-state index < -0.39 is 15.8 Å². The molecule has 0 fully saturated rings. The molecule has 160 valence electrons. The molecule has 5 nitrogen and oxygen atoms in total. The Kier molecular flexibility index (Phi) is 5.78. The van der Waals surface area contributed by atoms with Gasteiger partial charge in [0.25, 0.3) is 15.9 Å². The number of carbonyl (C=O) groups is 1. The summed E-state index contributed by atoms with van der Waals surface area (Å²) >= 11 is 0. The molecule has 0 radical (unpaired) electrons. The van der Waals surface area contributed by atoms with Crippen molar-refractivity contribution in [3.63, 3.8) is 0 Å². The molecule has 3 aromatic rings. The number of halogens is 1. The van der Waals surface area contributed by atoms with Crippen LogP contribution in [0.3, 0.4) is 0 Å². The summed E-state index contributed by atoms with van der Waals surface area (Å²) in [5.41, 5.74) is 3.00. The molecule has 1 aliphatic rings. The summed E-state index contributed by atoms with van der Waals surface area (Å²) in [7, 11) is -3.83. The lowest BCUT2D eigenvalue weighted by Crippen LogP contribution is -2.35. The van der Waals surface area contributed by atoms with E-state index in [1.807, 2.05) is 37.3 Å². The molecule has 1 heterocycles. The number of amides is 1. The molecule has 0 aliphatic carbocycles. The monoisotopic (exact) mass is 438 g/mol. The van der Waals surface area contributed by atoms with Crippen LogP contribution < -0.4 is 9.62 Å². The number of carbonyl (C=O) groups excluding carboxylic acids is 1. The summed E-state index contributed by atoms with van der Waals surface area (Å²) < 4.78 is 40.9. The molecule has 0 bridgehead atoms. The molecular formula is C24H23FN2O3S. The minimum absolute atomic E-state index is 0.0383. The number of fused-ring (bicyclic) bond motifs is 1. The van der Waals surface area contributed by atoms with Gasteiger partial charge in [-0.05, 0) is 73.4 Å². The molecule has 31 heavy (non-hydrogen) atoms. The predicted molar refractivity (Wildman–Crippen MR) is 118 cm³/mol. The zero-order valence-corrected chi connectivity index (χ0v) is 17.9. The molecule has 1 N–H and O–H groups in total. The number of benzene rings is 3. The van der Waals surface area contributed by atoms with Crippen molar-refractivity contribution in [3.8, 4) is 0 Å². The second-order valence-corrected chi connectivity index (χ2v) is 9.46. The number of nitrogens with zero attached hydrogens (tertiary/aromatic N) is 1. The third-order valence-electron chi connectivity index (χ3n) is 5.41. The van der Waals surface area contributed by atoms with Gasteiger partial charge in [0.1, 0.15) is 5.82 Å². The summed E-state index contributed by atoms with van der Waals surface area (Å²) in [4.78, 5) is 12.6. The third kappa shape index (κ3) is 4.32. The Labute approximate surface area is 181 Å². The first-order valence-electron chi connectivity index (χ1n) is 10.1. The van der Waals surface area contributed by atoms with Crippen molar-refractivity contribution in [2.45, 2.75) is 30.7 Å². The average molecular weight is 439 g/mol. The standard InChI is InChI=1S/C24H23FN2O3S/c1-17-15-20-16-19(24(28)26-14-13-18-5-3-2-4-6-18)7-12-23(20)27(17)31(29,30)22-10-8-21(25)9-11-22/h2-12,16-17H,13-15H2,1H3,(H,26,28)/t17-/m0/s1. The largest absolute Gasteiger partial charge is 0.352 e. The number of nitrogens with one attached hydrogen (secondary N) is 1. The Hall–Kier alpha value is -3.19. The summed E-state index contributed by atoms with van der Waals surface area (Å²) in [6.07, 6.45) is 1.24. The first-order valence-corrected chi connectivity index (χ1v) is 11.6. The molecule has 0 spiro atoms. The van der Waals surface area contributed by atoms with Crippen LogP contribution in [0.4, 0.5) is 10.1 Å². The molecule has 0 aromatic heterocycles. The zero-order chi connectivity index (χ0) is 22.0. The SMILES string of the molecule is C[C@H]1Cc2cc(C(=O)NCCc3ccccc3)ccc2N1S(=O)(=O)c1ccc(F)cc1. The highest BCUT2D eigenvalue weighted by Gasteiger charge is 2.36. The van der Waals surface area contributed by atoms with E-state index in [1.54, 1.807) is 18.2 Å². The summed E-state index contributed by atoms with van der Waals surface area (Å²) in [5.74, 6) is -0.678. The van der Waals surface area contributed by atoms with E-state index in [-0.39, 0.29) is 16.8 Å². The Balaban J connectivity index is 1.51. The number of hydrogen-bond donors (Lipinski definition) is 1. The Bertz CT molecular complexity index is 1200. The van der Waals surface area contributed by atoms with Crippen LogP contribution in [0.5, 0.6) is 0 Å². The lowest BCUT2D eigenvalue weighted by atomic mass is 10.1. The fourth-order valence-electron chi connectivity index (χ4n) is 3.90. The maximum absolute atomic E-state index is 13.2. The number of anilines is 1. The minimum Gasteiger partial charge on any atom is -0.352 e. The third-order valence-corrected chi connectivity index (χ3v) is 7.35. The lowest BCUT2D eigenvalue weighted by molar-refractivity contribution is 0.0954. The van der Waals surface area contributed by atoms with Crippen LogP contribution in [0.25, 0.3) is 0 Å². The van der Waals surface area contributed by atoms with Crippen molar-refractivity contribution in [2.24, 2.45) is 0 Å². The van der Waals surface area contributed by atoms with Crippen LogP contribution >= 0.6 is 0 Å². The average Bonchev–Trinajstić information content (AvgIpc) is 3.10. The van der Waals surface area contributed by atoms with Gasteiger partial charge in [0.15, 0.2) is 0 Å². The molecule has 0 unspecified atom stereocenters. The first-order chi connectivity index (χ1) is 14.9. The number of hydrogen-bond acceptors (Lipinski definition) is 3. The second-order valence-electron chi connectivity index (χ2n) is 7.64. The summed E-state index contributed by atoms with van der Waals surface area (Å²) in [5, 5.41) is 2.92. The van der Waals surface area contributed by atoms with E-state index in [1.165, 1.54) is 16.4 Å². The van der Waals surface area contributed by atoms with Crippen molar-refractivity contribution in [1.29, 1.82) is 0 Å². The predicted octanol–water partition coefficient (Wildman–Crippen LogP) is 3.94. The van der Waals surface area contributed by atoms with E-state index >= 15 is 0 Å². The molecule has 1 atom stereocenters. The fraction of sp³-hybridized carbons (Fsp3) is 0.208. The Morgan fingerprint density at radius 2 is 1.77 bits per heavy atom. The van der Waals surface area contributed by atoms with Crippen molar-refractivity contribution >= 4 is 21.6 Å². The van der Waals surface area contributed by atoms with Crippen LogP contribution in [0.15, 0.2) is 77.7 Å². The lowest BCUT2D eigenvalue weighted by Gasteiger charge is -2.24. The maximum atomic E-state index is 13.2. The molecule has 1 aliphatic heterocycles. The molecule has 7 heteroatoms. The van der Waals surface area contributed by atoms with Gasteiger partial charge >= 0.3 is 0 Å². The van der Waals surface area contributed by atoms with Crippen LogP contribution in [0.1, 0.15) is 28.4 Å². The Morgan fingerprint density at radius 3 is 2.48 bits per heavy atom. The van der Waals surface area contributed by atoms with E-state index in [0.29, 0.717) is 24.2 Å². The van der Waals surface area contributed by atoms with E-state index in [9.17, 15) is 17.6 Å². The van der Waals surface area contributed by atoms with Gasteiger partial charge in [-0.3, -0.25) is 9.10 Å². The molecule has 0 saturated heterocycles. The maximum Gasteiger partial charge on any atom is 0.264 e. The van der Waals surface area contributed by atoms with Gasteiger partial charge in [0.2, 0.25) is 0 Å². The zero-order valence-electron chi connectivity index (χ0n) is 17.1. The minimum atomic E-state index is -3.83. The highest BCUT2D eigenvalue weighted by atomic mass is 32.2. The smallest absolute Gasteiger partial charge is 0.264 e. The summed E-state index contributed by atoms with van der Waals surface area (Å²) in [6, 6.07) is 19.5. The molecule has 4 rings (SSSR count). The van der Waals surface area contributed by atoms with E-state index in [4.69, 9.17) is 0 Å². The van der Waals surface area contributed by atoms with Crippen molar-refractivity contribution in [1.82, 2.24) is 5.32 Å². The van der Waals surface area contributed by atoms with Crippen molar-refractivity contribution in [3.05, 3.63) is 95.3 Å². The highest BCUT2D eigenvalue weighted by molar-refractivity contribution is 7.92. The van der Waals surface area contributed by atoms with Gasteiger partial charge in [-0.2, -0.15) is 0 Å². The molecule has 1 amide bonds. The normalized spacial score (nSPS) is 15.5. The Morgan fingerprint density at radius 1 is 1.06 bits per heavy atom. The highest BCUT2D eigenvalue weighted by Crippen LogP contribution is 2.37. The molecule has 3 aromatic carbocycles. The van der Waals surface area contributed by atoms with Gasteiger partial charge < -0.3 is 5.32 Å². The first kappa shape index (κ1) is 21.1. The van der Waals surface area contributed by atoms with Crippen LogP contribution in [0.2, 0.25) is 0 Å². The van der Waals surface area contributed by atoms with Gasteiger partial charge in [-0.15, -0.1) is 0 Å². The van der Waals surface area contributed by atoms with E-state index in [0.717, 1.165) is 29.7 Å².